The minimum Gasteiger partial charge on any atom is -0.458 e. The molecule has 1 aromatic carbocycles. The van der Waals surface area contributed by atoms with Crippen LogP contribution in [0.25, 0.3) is 11.0 Å². The number of nitrogens with two attached hydrogens (primary N) is 1. The van der Waals surface area contributed by atoms with Gasteiger partial charge in [-0.05, 0) is 31.5 Å². The van der Waals surface area contributed by atoms with E-state index in [0.717, 1.165) is 17.4 Å². The Balaban J connectivity index is 2.48. The van der Waals surface area contributed by atoms with Gasteiger partial charge in [-0.3, -0.25) is 0 Å². The molecule has 1 heterocycles. The molecule has 0 aliphatic carbocycles. The van der Waals surface area contributed by atoms with Crippen LogP contribution in [0.2, 0.25) is 0 Å². The first-order valence-electron chi connectivity index (χ1n) is 6.02. The van der Waals surface area contributed by atoms with E-state index < -0.39 is 5.60 Å². The molecule has 2 rings (SSSR count). The standard InChI is InChI=1S/C14H19NO2/c1-3-6-14(16,9-15)13-8-11-7-10(2)4-5-12(11)17-13/h4-5,7-8,16H,3,6,9,15H2,1-2H3. The third-order valence-electron chi connectivity index (χ3n) is 3.13. The normalized spacial score (nSPS) is 15.1. The second-order valence-corrected chi connectivity index (χ2v) is 4.64. The lowest BCUT2D eigenvalue weighted by Crippen LogP contribution is -2.34. The highest BCUT2D eigenvalue weighted by atomic mass is 16.4. The van der Waals surface area contributed by atoms with Gasteiger partial charge in [0.05, 0.1) is 0 Å². The summed E-state index contributed by atoms with van der Waals surface area (Å²) in [7, 11) is 0. The molecule has 2 aromatic rings. The van der Waals surface area contributed by atoms with E-state index in [2.05, 4.69) is 0 Å². The largest absolute Gasteiger partial charge is 0.458 e. The van der Waals surface area contributed by atoms with Gasteiger partial charge in [0.2, 0.25) is 0 Å². The molecule has 1 atom stereocenters. The Hall–Kier alpha value is -1.32. The zero-order valence-corrected chi connectivity index (χ0v) is 10.4. The first kappa shape index (κ1) is 12.1. The number of hydrogen-bond acceptors (Lipinski definition) is 3. The Labute approximate surface area is 101 Å². The number of aryl methyl sites for hydroxylation is 1. The van der Waals surface area contributed by atoms with Gasteiger partial charge < -0.3 is 15.3 Å². The summed E-state index contributed by atoms with van der Waals surface area (Å²) in [5.41, 5.74) is 6.60. The predicted molar refractivity (Wildman–Crippen MR) is 68.8 cm³/mol. The highest BCUT2D eigenvalue weighted by molar-refractivity contribution is 5.78. The van der Waals surface area contributed by atoms with Crippen molar-refractivity contribution in [3.8, 4) is 0 Å². The van der Waals surface area contributed by atoms with Crippen molar-refractivity contribution in [3.05, 3.63) is 35.6 Å². The topological polar surface area (TPSA) is 59.4 Å². The lowest BCUT2D eigenvalue weighted by molar-refractivity contribution is 0.0158. The molecule has 0 fully saturated rings. The Kier molecular flexibility index (Phi) is 3.22. The predicted octanol–water partition coefficient (Wildman–Crippen LogP) is 2.69. The summed E-state index contributed by atoms with van der Waals surface area (Å²) in [6.07, 6.45) is 1.48. The van der Waals surface area contributed by atoms with Crippen molar-refractivity contribution >= 4 is 11.0 Å². The molecule has 0 radical (unpaired) electrons. The van der Waals surface area contributed by atoms with E-state index in [9.17, 15) is 5.11 Å². The molecular formula is C14H19NO2. The molecule has 0 amide bonds. The molecule has 92 valence electrons. The van der Waals surface area contributed by atoms with Crippen LogP contribution in [-0.4, -0.2) is 11.7 Å². The van der Waals surface area contributed by atoms with Crippen LogP contribution in [0.5, 0.6) is 0 Å². The molecule has 0 bridgehead atoms. The Morgan fingerprint density at radius 3 is 2.76 bits per heavy atom. The second kappa shape index (κ2) is 4.51. The van der Waals surface area contributed by atoms with Crippen molar-refractivity contribution in [3.63, 3.8) is 0 Å². The maximum absolute atomic E-state index is 10.4. The molecule has 3 nitrogen and oxygen atoms in total. The Bertz CT molecular complexity index is 518. The molecule has 1 aromatic heterocycles. The van der Waals surface area contributed by atoms with Gasteiger partial charge in [-0.1, -0.05) is 25.0 Å². The maximum atomic E-state index is 10.4. The average molecular weight is 233 g/mol. The van der Waals surface area contributed by atoms with E-state index in [0.29, 0.717) is 12.2 Å². The van der Waals surface area contributed by atoms with Crippen LogP contribution in [0.4, 0.5) is 0 Å². The maximum Gasteiger partial charge on any atom is 0.138 e. The molecule has 0 saturated heterocycles. The summed E-state index contributed by atoms with van der Waals surface area (Å²) in [5.74, 6) is 0.572. The van der Waals surface area contributed by atoms with Crippen molar-refractivity contribution in [2.24, 2.45) is 5.73 Å². The van der Waals surface area contributed by atoms with E-state index in [1.54, 1.807) is 0 Å². The van der Waals surface area contributed by atoms with Gasteiger partial charge in [0.1, 0.15) is 16.9 Å². The summed E-state index contributed by atoms with van der Waals surface area (Å²) < 4.78 is 5.70. The summed E-state index contributed by atoms with van der Waals surface area (Å²) in [5, 5.41) is 11.5. The first-order chi connectivity index (χ1) is 8.09. The molecule has 0 spiro atoms. The number of fused-ring (bicyclic) bond motifs is 1. The Morgan fingerprint density at radius 2 is 2.12 bits per heavy atom. The van der Waals surface area contributed by atoms with Crippen LogP contribution in [0.1, 0.15) is 31.1 Å². The average Bonchev–Trinajstić information content (AvgIpc) is 2.72. The van der Waals surface area contributed by atoms with E-state index in [-0.39, 0.29) is 6.54 Å². The van der Waals surface area contributed by atoms with Gasteiger partial charge in [0, 0.05) is 11.9 Å². The molecule has 3 heteroatoms. The lowest BCUT2D eigenvalue weighted by atomic mass is 9.95. The number of hydrogen-bond donors (Lipinski definition) is 2. The fraction of sp³-hybridized carbons (Fsp3) is 0.429. The molecule has 17 heavy (non-hydrogen) atoms. The second-order valence-electron chi connectivity index (χ2n) is 4.64. The van der Waals surface area contributed by atoms with E-state index in [1.807, 2.05) is 38.1 Å². The number of furan rings is 1. The number of benzene rings is 1. The first-order valence-corrected chi connectivity index (χ1v) is 6.02. The van der Waals surface area contributed by atoms with Crippen molar-refractivity contribution in [2.75, 3.05) is 6.54 Å². The van der Waals surface area contributed by atoms with Crippen LogP contribution >= 0.6 is 0 Å². The summed E-state index contributed by atoms with van der Waals surface area (Å²) in [6.45, 7) is 4.24. The highest BCUT2D eigenvalue weighted by Gasteiger charge is 2.30. The van der Waals surface area contributed by atoms with Crippen LogP contribution < -0.4 is 5.73 Å². The molecule has 1 unspecified atom stereocenters. The van der Waals surface area contributed by atoms with Gasteiger partial charge in [0.15, 0.2) is 0 Å². The fourth-order valence-corrected chi connectivity index (χ4v) is 2.13. The van der Waals surface area contributed by atoms with Gasteiger partial charge in [0.25, 0.3) is 0 Å². The van der Waals surface area contributed by atoms with Gasteiger partial charge in [-0.2, -0.15) is 0 Å². The smallest absolute Gasteiger partial charge is 0.138 e. The highest BCUT2D eigenvalue weighted by Crippen LogP contribution is 2.31. The van der Waals surface area contributed by atoms with Crippen LogP contribution in [0.3, 0.4) is 0 Å². The molecule has 0 aliphatic heterocycles. The lowest BCUT2D eigenvalue weighted by Gasteiger charge is -2.23. The van der Waals surface area contributed by atoms with Crippen LogP contribution in [-0.2, 0) is 5.60 Å². The monoisotopic (exact) mass is 233 g/mol. The zero-order valence-electron chi connectivity index (χ0n) is 10.4. The molecular weight excluding hydrogens is 214 g/mol. The van der Waals surface area contributed by atoms with E-state index in [1.165, 1.54) is 5.56 Å². The van der Waals surface area contributed by atoms with Crippen LogP contribution in [0, 0.1) is 6.92 Å². The third-order valence-corrected chi connectivity index (χ3v) is 3.13. The summed E-state index contributed by atoms with van der Waals surface area (Å²) >= 11 is 0. The third kappa shape index (κ3) is 2.21. The van der Waals surface area contributed by atoms with E-state index in [4.69, 9.17) is 10.2 Å². The quantitative estimate of drug-likeness (QED) is 0.853. The number of rotatable bonds is 4. The van der Waals surface area contributed by atoms with Crippen molar-refractivity contribution in [1.82, 2.24) is 0 Å². The van der Waals surface area contributed by atoms with Crippen molar-refractivity contribution in [2.45, 2.75) is 32.3 Å². The fourth-order valence-electron chi connectivity index (χ4n) is 2.13. The van der Waals surface area contributed by atoms with Gasteiger partial charge in [-0.25, -0.2) is 0 Å². The van der Waals surface area contributed by atoms with Crippen molar-refractivity contribution in [1.29, 1.82) is 0 Å². The minimum atomic E-state index is -1.04. The SMILES string of the molecule is CCCC(O)(CN)c1cc2cc(C)ccc2o1. The molecule has 0 aliphatic rings. The molecule has 0 saturated carbocycles. The van der Waals surface area contributed by atoms with Crippen molar-refractivity contribution < 1.29 is 9.52 Å². The molecule has 3 N–H and O–H groups in total. The van der Waals surface area contributed by atoms with Crippen LogP contribution in [0.15, 0.2) is 28.7 Å². The number of aliphatic hydroxyl groups is 1. The zero-order chi connectivity index (χ0) is 12.5. The van der Waals surface area contributed by atoms with Gasteiger partial charge >= 0.3 is 0 Å². The van der Waals surface area contributed by atoms with E-state index >= 15 is 0 Å². The minimum absolute atomic E-state index is 0.180. The summed E-state index contributed by atoms with van der Waals surface area (Å²) in [4.78, 5) is 0. The summed E-state index contributed by atoms with van der Waals surface area (Å²) in [6, 6.07) is 7.87. The Morgan fingerprint density at radius 1 is 1.35 bits per heavy atom. The van der Waals surface area contributed by atoms with Gasteiger partial charge in [-0.15, -0.1) is 0 Å².